The molecule has 0 bridgehead atoms. The molecule has 0 heterocycles. The number of benzene rings is 1. The number of hydrogen-bond donors (Lipinski definition) is 2. The second kappa shape index (κ2) is 5.91. The lowest BCUT2D eigenvalue weighted by Crippen LogP contribution is -2.10. The summed E-state index contributed by atoms with van der Waals surface area (Å²) in [5.74, 6) is -0.655. The van der Waals surface area contributed by atoms with E-state index in [4.69, 9.17) is 4.74 Å². The SMILES string of the molecule is C=C(C)C(=O)Oc1c(I)c(O)c(I)c(O)c1I. The van der Waals surface area contributed by atoms with Gasteiger partial charge in [0.25, 0.3) is 0 Å². The van der Waals surface area contributed by atoms with Gasteiger partial charge in [-0.2, -0.15) is 0 Å². The van der Waals surface area contributed by atoms with Gasteiger partial charge >= 0.3 is 5.97 Å². The first-order valence-corrected chi connectivity index (χ1v) is 7.47. The predicted octanol–water partition coefficient (Wildman–Crippen LogP) is 3.39. The van der Waals surface area contributed by atoms with Crippen molar-refractivity contribution in [1.82, 2.24) is 0 Å². The highest BCUT2D eigenvalue weighted by Gasteiger charge is 2.22. The van der Waals surface area contributed by atoms with E-state index in [1.54, 1.807) is 0 Å². The third kappa shape index (κ3) is 3.16. The van der Waals surface area contributed by atoms with Crippen molar-refractivity contribution in [1.29, 1.82) is 0 Å². The van der Waals surface area contributed by atoms with Gasteiger partial charge in [0.1, 0.15) is 18.6 Å². The van der Waals surface area contributed by atoms with Crippen molar-refractivity contribution in [3.8, 4) is 17.2 Å². The molecule has 0 aliphatic heterocycles. The summed E-state index contributed by atoms with van der Waals surface area (Å²) in [4.78, 5) is 11.4. The van der Waals surface area contributed by atoms with Crippen molar-refractivity contribution in [2.24, 2.45) is 0 Å². The van der Waals surface area contributed by atoms with Gasteiger partial charge in [0.2, 0.25) is 0 Å². The van der Waals surface area contributed by atoms with Crippen LogP contribution in [0.25, 0.3) is 0 Å². The Morgan fingerprint density at radius 3 is 1.88 bits per heavy atom. The number of carbonyl (C=O) groups is 1. The first-order valence-electron chi connectivity index (χ1n) is 4.23. The molecule has 0 fully saturated rings. The molecule has 0 aliphatic carbocycles. The molecule has 17 heavy (non-hydrogen) atoms. The van der Waals surface area contributed by atoms with Gasteiger partial charge in [-0.15, -0.1) is 0 Å². The topological polar surface area (TPSA) is 66.8 Å². The molecule has 7 heteroatoms. The normalized spacial score (nSPS) is 10.1. The first kappa shape index (κ1) is 15.3. The number of halogens is 3. The number of phenols is 2. The Morgan fingerprint density at radius 2 is 1.53 bits per heavy atom. The summed E-state index contributed by atoms with van der Waals surface area (Å²) in [5, 5.41) is 19.5. The van der Waals surface area contributed by atoms with Crippen LogP contribution in [0.1, 0.15) is 6.92 Å². The van der Waals surface area contributed by atoms with Crippen molar-refractivity contribution < 1.29 is 19.7 Å². The molecule has 2 N–H and O–H groups in total. The van der Waals surface area contributed by atoms with Crippen LogP contribution in [0.15, 0.2) is 12.2 Å². The van der Waals surface area contributed by atoms with Gasteiger partial charge in [-0.3, -0.25) is 0 Å². The second-order valence-electron chi connectivity index (χ2n) is 3.14. The molecular formula is C10H7I3O4. The molecule has 0 aliphatic rings. The zero-order valence-electron chi connectivity index (χ0n) is 8.55. The molecule has 0 unspecified atom stereocenters. The van der Waals surface area contributed by atoms with Crippen molar-refractivity contribution in [3.05, 3.63) is 22.9 Å². The minimum Gasteiger partial charge on any atom is -0.505 e. The van der Waals surface area contributed by atoms with E-state index in [2.05, 4.69) is 6.58 Å². The second-order valence-corrected chi connectivity index (χ2v) is 6.37. The minimum absolute atomic E-state index is 0.103. The number of phenolic OH excluding ortho intramolecular Hbond substituents is 2. The van der Waals surface area contributed by atoms with E-state index >= 15 is 0 Å². The summed E-state index contributed by atoms with van der Waals surface area (Å²) >= 11 is 5.52. The Bertz CT molecular complexity index is 482. The standard InChI is InChI=1S/C10H7I3O4/c1-3(2)10(16)17-9-5(12)7(14)4(11)8(15)6(9)13/h14-15H,1H2,2H3. The van der Waals surface area contributed by atoms with Gasteiger partial charge in [0.15, 0.2) is 5.75 Å². The number of hydrogen-bond acceptors (Lipinski definition) is 4. The Morgan fingerprint density at radius 1 is 1.12 bits per heavy atom. The van der Waals surface area contributed by atoms with E-state index in [1.165, 1.54) is 6.92 Å². The Balaban J connectivity index is 3.35. The maximum absolute atomic E-state index is 11.4. The van der Waals surface area contributed by atoms with Crippen LogP contribution in [-0.4, -0.2) is 16.2 Å². The monoisotopic (exact) mass is 572 g/mol. The van der Waals surface area contributed by atoms with Gasteiger partial charge in [-0.05, 0) is 74.7 Å². The molecule has 4 nitrogen and oxygen atoms in total. The van der Waals surface area contributed by atoms with Crippen molar-refractivity contribution in [3.63, 3.8) is 0 Å². The highest BCUT2D eigenvalue weighted by Crippen LogP contribution is 2.44. The maximum atomic E-state index is 11.4. The average Bonchev–Trinajstić information content (AvgIpc) is 2.29. The van der Waals surface area contributed by atoms with Gasteiger partial charge in [0, 0.05) is 5.57 Å². The number of aromatic hydroxyl groups is 2. The zero-order valence-corrected chi connectivity index (χ0v) is 15.0. The van der Waals surface area contributed by atoms with Gasteiger partial charge in [0.05, 0.1) is 3.57 Å². The molecule has 0 spiro atoms. The third-order valence-corrected chi connectivity index (χ3v) is 4.80. The Kier molecular flexibility index (Phi) is 5.31. The molecular weight excluding hydrogens is 565 g/mol. The first-order chi connectivity index (χ1) is 7.77. The van der Waals surface area contributed by atoms with E-state index in [0.717, 1.165) is 0 Å². The molecule has 0 saturated heterocycles. The van der Waals surface area contributed by atoms with Crippen LogP contribution in [0.4, 0.5) is 0 Å². The minimum atomic E-state index is -0.596. The van der Waals surface area contributed by atoms with Crippen LogP contribution in [0.3, 0.4) is 0 Å². The Labute approximate surface area is 139 Å². The lowest BCUT2D eigenvalue weighted by Gasteiger charge is -2.12. The van der Waals surface area contributed by atoms with Gasteiger partial charge < -0.3 is 14.9 Å². The summed E-state index contributed by atoms with van der Waals surface area (Å²) in [5.41, 5.74) is 0.245. The predicted molar refractivity (Wildman–Crippen MR) is 88.4 cm³/mol. The fourth-order valence-corrected chi connectivity index (χ4v) is 4.27. The molecule has 0 radical (unpaired) electrons. The highest BCUT2D eigenvalue weighted by molar-refractivity contribution is 14.1. The van der Waals surface area contributed by atoms with E-state index in [-0.39, 0.29) is 22.8 Å². The average molecular weight is 572 g/mol. The summed E-state index contributed by atoms with van der Waals surface area (Å²) in [7, 11) is 0. The van der Waals surface area contributed by atoms with E-state index in [0.29, 0.717) is 10.7 Å². The molecule has 0 aromatic heterocycles. The van der Waals surface area contributed by atoms with Crippen LogP contribution < -0.4 is 4.74 Å². The fourth-order valence-electron chi connectivity index (χ4n) is 0.886. The van der Waals surface area contributed by atoms with E-state index in [9.17, 15) is 15.0 Å². The molecule has 0 amide bonds. The van der Waals surface area contributed by atoms with Gasteiger partial charge in [-0.1, -0.05) is 6.58 Å². The van der Waals surface area contributed by atoms with E-state index < -0.39 is 5.97 Å². The lowest BCUT2D eigenvalue weighted by molar-refractivity contribution is -0.130. The Hall–Kier alpha value is 0.220. The largest absolute Gasteiger partial charge is 0.505 e. The van der Waals surface area contributed by atoms with Crippen LogP contribution in [-0.2, 0) is 4.79 Å². The zero-order chi connectivity index (χ0) is 13.3. The summed E-state index contributed by atoms with van der Waals surface area (Å²) in [6.45, 7) is 4.99. The summed E-state index contributed by atoms with van der Waals surface area (Å²) in [6.07, 6.45) is 0. The third-order valence-electron chi connectivity index (χ3n) is 1.77. The quantitative estimate of drug-likeness (QED) is 0.247. The molecule has 92 valence electrons. The molecule has 1 rings (SSSR count). The van der Waals surface area contributed by atoms with Crippen molar-refractivity contribution in [2.75, 3.05) is 0 Å². The highest BCUT2D eigenvalue weighted by atomic mass is 127. The van der Waals surface area contributed by atoms with E-state index in [1.807, 2.05) is 67.8 Å². The maximum Gasteiger partial charge on any atom is 0.338 e. The number of ether oxygens (including phenoxy) is 1. The summed E-state index contributed by atoms with van der Waals surface area (Å²) in [6, 6.07) is 0. The molecule has 1 aromatic carbocycles. The van der Waals surface area contributed by atoms with Crippen LogP contribution in [0, 0.1) is 10.7 Å². The van der Waals surface area contributed by atoms with Crippen LogP contribution in [0.2, 0.25) is 0 Å². The molecule has 1 aromatic rings. The van der Waals surface area contributed by atoms with Crippen LogP contribution in [0.5, 0.6) is 17.2 Å². The molecule has 0 atom stereocenters. The summed E-state index contributed by atoms with van der Waals surface area (Å²) < 4.78 is 6.16. The number of carbonyl (C=O) groups excluding carboxylic acids is 1. The van der Waals surface area contributed by atoms with Crippen LogP contribution >= 0.6 is 67.8 Å². The fraction of sp³-hybridized carbons (Fsp3) is 0.100. The number of rotatable bonds is 2. The van der Waals surface area contributed by atoms with Crippen molar-refractivity contribution in [2.45, 2.75) is 6.92 Å². The number of esters is 1. The smallest absolute Gasteiger partial charge is 0.338 e. The lowest BCUT2D eigenvalue weighted by atomic mass is 10.3. The molecule has 0 saturated carbocycles. The van der Waals surface area contributed by atoms with Gasteiger partial charge in [-0.25, -0.2) is 4.79 Å². The van der Waals surface area contributed by atoms with Crippen molar-refractivity contribution >= 4 is 73.7 Å².